The van der Waals surface area contributed by atoms with Crippen molar-refractivity contribution in [1.82, 2.24) is 15.0 Å². The highest BCUT2D eigenvalue weighted by Crippen LogP contribution is 2.25. The summed E-state index contributed by atoms with van der Waals surface area (Å²) >= 11 is 0. The first-order valence-electron chi connectivity index (χ1n) is 8.90. The van der Waals surface area contributed by atoms with Gasteiger partial charge >= 0.3 is 12.6 Å². The highest BCUT2D eigenvalue weighted by molar-refractivity contribution is 5.97. The van der Waals surface area contributed by atoms with E-state index in [1.807, 2.05) is 6.07 Å². The second-order valence-electron chi connectivity index (χ2n) is 6.17. The summed E-state index contributed by atoms with van der Waals surface area (Å²) in [6, 6.07) is 14.7. The van der Waals surface area contributed by atoms with E-state index in [0.717, 1.165) is 0 Å². The van der Waals surface area contributed by atoms with Crippen molar-refractivity contribution in [1.29, 1.82) is 0 Å². The fraction of sp³-hybridized carbons (Fsp3) is 0.200. The lowest BCUT2D eigenvalue weighted by molar-refractivity contribution is -0.123. The Morgan fingerprint density at radius 3 is 2.40 bits per heavy atom. The van der Waals surface area contributed by atoms with Gasteiger partial charge in [-0.3, -0.25) is 4.79 Å². The lowest BCUT2D eigenvalue weighted by atomic mass is 10.2. The van der Waals surface area contributed by atoms with Gasteiger partial charge < -0.3 is 14.8 Å². The second-order valence-corrected chi connectivity index (χ2v) is 6.17. The summed E-state index contributed by atoms with van der Waals surface area (Å²) in [4.78, 5) is 26.1. The summed E-state index contributed by atoms with van der Waals surface area (Å²) in [5.74, 6) is -1.77. The van der Waals surface area contributed by atoms with Crippen LogP contribution in [0.2, 0.25) is 0 Å². The molecule has 0 unspecified atom stereocenters. The molecule has 0 saturated heterocycles. The number of carbonyl (C=O) groups excluding carboxylic acids is 2. The predicted octanol–water partition coefficient (Wildman–Crippen LogP) is 3.36. The molecule has 3 aromatic rings. The molecule has 1 N–H and O–H groups in total. The second kappa shape index (κ2) is 9.12. The van der Waals surface area contributed by atoms with Crippen molar-refractivity contribution in [2.45, 2.75) is 26.6 Å². The first kappa shape index (κ1) is 20.9. The molecular formula is C20H18F2N4O4. The Hall–Kier alpha value is -3.82. The van der Waals surface area contributed by atoms with Crippen LogP contribution in [0.25, 0.3) is 5.69 Å². The van der Waals surface area contributed by atoms with E-state index in [0.29, 0.717) is 11.4 Å². The molecule has 2 aromatic carbocycles. The summed E-state index contributed by atoms with van der Waals surface area (Å²) < 4.78 is 34.5. The van der Waals surface area contributed by atoms with Gasteiger partial charge in [0.2, 0.25) is 0 Å². The van der Waals surface area contributed by atoms with Crippen LogP contribution in [0.5, 0.6) is 5.75 Å². The van der Waals surface area contributed by atoms with E-state index in [9.17, 15) is 18.4 Å². The first-order valence-corrected chi connectivity index (χ1v) is 8.90. The summed E-state index contributed by atoms with van der Waals surface area (Å²) in [6.07, 6.45) is -1.22. The Morgan fingerprint density at radius 2 is 1.70 bits per heavy atom. The van der Waals surface area contributed by atoms with Gasteiger partial charge in [-0.05, 0) is 38.1 Å². The van der Waals surface area contributed by atoms with Gasteiger partial charge in [0.15, 0.2) is 11.8 Å². The Kier molecular flexibility index (Phi) is 6.35. The Labute approximate surface area is 170 Å². The number of benzene rings is 2. The summed E-state index contributed by atoms with van der Waals surface area (Å²) in [6.45, 7) is -0.111. The number of carbonyl (C=O) groups is 2. The number of anilines is 1. The first-order chi connectivity index (χ1) is 14.3. The van der Waals surface area contributed by atoms with E-state index in [-0.39, 0.29) is 17.1 Å². The Bertz CT molecular complexity index is 1040. The van der Waals surface area contributed by atoms with Gasteiger partial charge in [-0.2, -0.15) is 18.7 Å². The van der Waals surface area contributed by atoms with Gasteiger partial charge in [-0.1, -0.05) is 30.3 Å². The van der Waals surface area contributed by atoms with Crippen LogP contribution in [0.3, 0.4) is 0 Å². The maximum atomic E-state index is 12.5. The largest absolute Gasteiger partial charge is 0.448 e. The highest BCUT2D eigenvalue weighted by Gasteiger charge is 2.24. The van der Waals surface area contributed by atoms with Crippen LogP contribution >= 0.6 is 0 Å². The Morgan fingerprint density at radius 1 is 1.03 bits per heavy atom. The van der Waals surface area contributed by atoms with Crippen LogP contribution in [-0.2, 0) is 9.53 Å². The lowest BCUT2D eigenvalue weighted by Crippen LogP contribution is -2.30. The molecule has 0 aliphatic rings. The van der Waals surface area contributed by atoms with Crippen LogP contribution in [-0.4, -0.2) is 39.6 Å². The zero-order chi connectivity index (χ0) is 21.7. The van der Waals surface area contributed by atoms with Crippen LogP contribution < -0.4 is 10.1 Å². The van der Waals surface area contributed by atoms with Crippen molar-refractivity contribution in [3.05, 3.63) is 66.0 Å². The van der Waals surface area contributed by atoms with Crippen molar-refractivity contribution in [3.63, 3.8) is 0 Å². The monoisotopic (exact) mass is 416 g/mol. The number of para-hydroxylation sites is 3. The van der Waals surface area contributed by atoms with Crippen molar-refractivity contribution in [2.75, 3.05) is 5.32 Å². The number of esters is 1. The molecule has 10 heteroatoms. The van der Waals surface area contributed by atoms with Crippen molar-refractivity contribution >= 4 is 17.6 Å². The number of rotatable bonds is 7. The zero-order valence-electron chi connectivity index (χ0n) is 16.1. The fourth-order valence-corrected chi connectivity index (χ4v) is 2.52. The molecule has 0 fully saturated rings. The normalized spacial score (nSPS) is 11.8. The molecule has 0 spiro atoms. The molecule has 30 heavy (non-hydrogen) atoms. The topological polar surface area (TPSA) is 95.3 Å². The molecule has 0 radical (unpaired) electrons. The van der Waals surface area contributed by atoms with Gasteiger partial charge in [-0.15, -0.1) is 5.10 Å². The molecule has 0 aliphatic carbocycles. The number of hydrogen-bond acceptors (Lipinski definition) is 6. The van der Waals surface area contributed by atoms with E-state index < -0.39 is 24.6 Å². The molecule has 0 aliphatic heterocycles. The van der Waals surface area contributed by atoms with E-state index in [1.165, 1.54) is 36.0 Å². The van der Waals surface area contributed by atoms with Crippen LogP contribution in [0, 0.1) is 6.92 Å². The predicted molar refractivity (Wildman–Crippen MR) is 103 cm³/mol. The quantitative estimate of drug-likeness (QED) is 0.594. The fourth-order valence-electron chi connectivity index (χ4n) is 2.52. The average molecular weight is 416 g/mol. The molecule has 1 heterocycles. The summed E-state index contributed by atoms with van der Waals surface area (Å²) in [5.41, 5.74) is 0.963. The average Bonchev–Trinajstić information content (AvgIpc) is 3.11. The number of nitrogens with one attached hydrogen (secondary N) is 1. The molecule has 3 rings (SSSR count). The van der Waals surface area contributed by atoms with Crippen molar-refractivity contribution in [2.24, 2.45) is 0 Å². The molecular weight excluding hydrogens is 398 g/mol. The molecule has 0 saturated carbocycles. The number of aromatic nitrogens is 3. The summed E-state index contributed by atoms with van der Waals surface area (Å²) in [7, 11) is 0. The van der Waals surface area contributed by atoms with Crippen LogP contribution in [0.1, 0.15) is 23.1 Å². The molecule has 1 atom stereocenters. The zero-order valence-corrected chi connectivity index (χ0v) is 16.1. The standard InChI is InChI=1S/C20H18F2N4O4/c1-12-17(25-26(24-12)14-8-4-3-5-9-14)19(28)29-13(2)18(27)23-15-10-6-7-11-16(15)30-20(21)22/h3-11,13,20H,1-2H3,(H,23,27)/t13-/m0/s1. The van der Waals surface area contributed by atoms with E-state index in [2.05, 4.69) is 20.3 Å². The smallest absolute Gasteiger partial charge is 0.387 e. The molecule has 1 amide bonds. The number of alkyl halides is 2. The van der Waals surface area contributed by atoms with Crippen molar-refractivity contribution in [3.8, 4) is 11.4 Å². The lowest BCUT2D eigenvalue weighted by Gasteiger charge is -2.15. The third-order valence-corrected chi connectivity index (χ3v) is 3.98. The minimum atomic E-state index is -3.05. The van der Waals surface area contributed by atoms with Crippen molar-refractivity contribution < 1.29 is 27.8 Å². The number of nitrogens with zero attached hydrogens (tertiary/aromatic N) is 3. The van der Waals surface area contributed by atoms with Gasteiger partial charge in [0.1, 0.15) is 5.75 Å². The number of aryl methyl sites for hydroxylation is 1. The Balaban J connectivity index is 1.68. The number of hydrogen-bond donors (Lipinski definition) is 1. The third kappa shape index (κ3) is 4.96. The molecule has 0 bridgehead atoms. The number of ether oxygens (including phenoxy) is 2. The van der Waals surface area contributed by atoms with Gasteiger partial charge in [0.25, 0.3) is 5.91 Å². The number of amides is 1. The summed E-state index contributed by atoms with van der Waals surface area (Å²) in [5, 5.41) is 10.7. The van der Waals surface area contributed by atoms with Gasteiger partial charge in [0, 0.05) is 0 Å². The number of halogens is 2. The van der Waals surface area contributed by atoms with Gasteiger partial charge in [-0.25, -0.2) is 4.79 Å². The van der Waals surface area contributed by atoms with E-state index in [1.54, 1.807) is 31.2 Å². The molecule has 1 aromatic heterocycles. The minimum absolute atomic E-state index is 0.0249. The van der Waals surface area contributed by atoms with Gasteiger partial charge in [0.05, 0.1) is 17.1 Å². The maximum Gasteiger partial charge on any atom is 0.387 e. The van der Waals surface area contributed by atoms with Crippen LogP contribution in [0.15, 0.2) is 54.6 Å². The van der Waals surface area contributed by atoms with E-state index >= 15 is 0 Å². The molecule has 156 valence electrons. The highest BCUT2D eigenvalue weighted by atomic mass is 19.3. The van der Waals surface area contributed by atoms with E-state index in [4.69, 9.17) is 4.74 Å². The maximum absolute atomic E-state index is 12.5. The third-order valence-electron chi connectivity index (χ3n) is 3.98. The minimum Gasteiger partial charge on any atom is -0.448 e. The molecule has 8 nitrogen and oxygen atoms in total. The SMILES string of the molecule is Cc1nn(-c2ccccc2)nc1C(=O)O[C@@H](C)C(=O)Nc1ccccc1OC(F)F. The van der Waals surface area contributed by atoms with Crippen LogP contribution in [0.4, 0.5) is 14.5 Å².